The van der Waals surface area contributed by atoms with Crippen molar-refractivity contribution in [2.75, 3.05) is 5.73 Å². The molecule has 0 spiro atoms. The molecule has 0 saturated heterocycles. The number of nitrogens with zero attached hydrogens (tertiary/aromatic N) is 1. The van der Waals surface area contributed by atoms with Crippen LogP contribution in [0.4, 0.5) is 5.69 Å². The number of Topliss-reactive ketones (excluding diaryl/α,β-unsaturated/α-hetero) is 1. The van der Waals surface area contributed by atoms with Crippen molar-refractivity contribution >= 4 is 28.3 Å². The molecular weight excluding hydrogens is 368 g/mol. The Morgan fingerprint density at radius 3 is 2.31 bits per heavy atom. The molecule has 0 bridgehead atoms. The lowest BCUT2D eigenvalue weighted by molar-refractivity contribution is -0.131. The van der Waals surface area contributed by atoms with Crippen LogP contribution in [0.25, 0.3) is 16.6 Å². The van der Waals surface area contributed by atoms with Crippen molar-refractivity contribution in [3.05, 3.63) is 90.1 Å². The first-order valence-corrected chi connectivity index (χ1v) is 8.98. The summed E-state index contributed by atoms with van der Waals surface area (Å²) in [6, 6.07) is 22.1. The Morgan fingerprint density at radius 1 is 0.931 bits per heavy atom. The van der Waals surface area contributed by atoms with Gasteiger partial charge in [-0.15, -0.1) is 0 Å². The number of rotatable bonds is 6. The SMILES string of the molecule is Nc1ccc(COc2ccc(-n3cc(C(=O)C(=O)O)c4ccccc43)cc2)cc1. The highest BCUT2D eigenvalue weighted by Crippen LogP contribution is 2.26. The second kappa shape index (κ2) is 7.52. The zero-order valence-corrected chi connectivity index (χ0v) is 15.4. The van der Waals surface area contributed by atoms with E-state index in [0.717, 1.165) is 16.8 Å². The van der Waals surface area contributed by atoms with Crippen molar-refractivity contribution in [3.8, 4) is 11.4 Å². The minimum Gasteiger partial charge on any atom is -0.489 e. The van der Waals surface area contributed by atoms with E-state index >= 15 is 0 Å². The maximum atomic E-state index is 12.1. The van der Waals surface area contributed by atoms with Gasteiger partial charge in [-0.25, -0.2) is 4.79 Å². The van der Waals surface area contributed by atoms with Crippen LogP contribution in [-0.2, 0) is 11.4 Å². The highest BCUT2D eigenvalue weighted by atomic mass is 16.5. The van der Waals surface area contributed by atoms with Crippen molar-refractivity contribution in [2.24, 2.45) is 0 Å². The van der Waals surface area contributed by atoms with Crippen LogP contribution in [0.2, 0.25) is 0 Å². The number of para-hydroxylation sites is 1. The lowest BCUT2D eigenvalue weighted by Crippen LogP contribution is -2.12. The van der Waals surface area contributed by atoms with Crippen LogP contribution in [0.5, 0.6) is 5.75 Å². The number of anilines is 1. The average molecular weight is 386 g/mol. The smallest absolute Gasteiger partial charge is 0.377 e. The lowest BCUT2D eigenvalue weighted by Gasteiger charge is -2.09. The molecule has 0 amide bonds. The summed E-state index contributed by atoms with van der Waals surface area (Å²) >= 11 is 0. The van der Waals surface area contributed by atoms with E-state index in [1.807, 2.05) is 60.7 Å². The number of hydrogen-bond donors (Lipinski definition) is 2. The highest BCUT2D eigenvalue weighted by Gasteiger charge is 2.21. The van der Waals surface area contributed by atoms with Crippen LogP contribution in [0.15, 0.2) is 79.0 Å². The zero-order chi connectivity index (χ0) is 20.4. The number of nitrogen functional groups attached to an aromatic ring is 1. The molecule has 3 aromatic carbocycles. The first kappa shape index (κ1) is 18.3. The molecule has 0 saturated carbocycles. The lowest BCUT2D eigenvalue weighted by atomic mass is 10.1. The van der Waals surface area contributed by atoms with E-state index in [4.69, 9.17) is 15.6 Å². The van der Waals surface area contributed by atoms with Crippen molar-refractivity contribution in [3.63, 3.8) is 0 Å². The summed E-state index contributed by atoms with van der Waals surface area (Å²) in [5, 5.41) is 9.70. The van der Waals surface area contributed by atoms with Gasteiger partial charge >= 0.3 is 5.97 Å². The average Bonchev–Trinajstić information content (AvgIpc) is 3.13. The second-order valence-electron chi connectivity index (χ2n) is 6.59. The first-order valence-electron chi connectivity index (χ1n) is 8.98. The van der Waals surface area contributed by atoms with Crippen molar-refractivity contribution in [1.82, 2.24) is 4.57 Å². The molecule has 0 aliphatic rings. The molecule has 144 valence electrons. The summed E-state index contributed by atoms with van der Waals surface area (Å²) in [4.78, 5) is 23.2. The fourth-order valence-corrected chi connectivity index (χ4v) is 3.17. The van der Waals surface area contributed by atoms with Gasteiger partial charge in [0.1, 0.15) is 12.4 Å². The van der Waals surface area contributed by atoms with E-state index < -0.39 is 11.8 Å². The molecule has 0 aliphatic heterocycles. The molecule has 6 nitrogen and oxygen atoms in total. The third-order valence-electron chi connectivity index (χ3n) is 4.65. The van der Waals surface area contributed by atoms with E-state index in [9.17, 15) is 9.59 Å². The molecule has 29 heavy (non-hydrogen) atoms. The number of aliphatic carboxylic acids is 1. The summed E-state index contributed by atoms with van der Waals surface area (Å²) in [5.74, 6) is -1.70. The summed E-state index contributed by atoms with van der Waals surface area (Å²) in [6.45, 7) is 0.420. The Morgan fingerprint density at radius 2 is 1.62 bits per heavy atom. The van der Waals surface area contributed by atoms with Gasteiger partial charge in [0.25, 0.3) is 5.78 Å². The van der Waals surface area contributed by atoms with Gasteiger partial charge in [0, 0.05) is 23.0 Å². The molecule has 0 unspecified atom stereocenters. The van der Waals surface area contributed by atoms with Gasteiger partial charge in [0.15, 0.2) is 0 Å². The Kier molecular flexibility index (Phi) is 4.75. The summed E-state index contributed by atoms with van der Waals surface area (Å²) in [7, 11) is 0. The number of carbonyl (C=O) groups is 2. The molecule has 4 aromatic rings. The van der Waals surface area contributed by atoms with E-state index in [1.54, 1.807) is 22.9 Å². The van der Waals surface area contributed by atoms with Crippen LogP contribution in [0.1, 0.15) is 15.9 Å². The largest absolute Gasteiger partial charge is 0.489 e. The van der Waals surface area contributed by atoms with E-state index in [2.05, 4.69) is 0 Å². The Bertz CT molecular complexity index is 1190. The first-order chi connectivity index (χ1) is 14.0. The van der Waals surface area contributed by atoms with Gasteiger partial charge in [0.2, 0.25) is 0 Å². The Labute approximate surface area is 166 Å². The van der Waals surface area contributed by atoms with E-state index in [1.165, 1.54) is 0 Å². The van der Waals surface area contributed by atoms with Gasteiger partial charge in [-0.2, -0.15) is 0 Å². The number of carboxylic acids is 1. The number of carbonyl (C=O) groups excluding carboxylic acids is 1. The molecule has 1 heterocycles. The van der Waals surface area contributed by atoms with Crippen molar-refractivity contribution in [2.45, 2.75) is 6.61 Å². The van der Waals surface area contributed by atoms with Gasteiger partial charge < -0.3 is 20.1 Å². The maximum Gasteiger partial charge on any atom is 0.377 e. The summed E-state index contributed by atoms with van der Waals surface area (Å²) in [5.41, 5.74) is 9.12. The second-order valence-corrected chi connectivity index (χ2v) is 6.59. The third kappa shape index (κ3) is 3.68. The molecule has 0 atom stereocenters. The van der Waals surface area contributed by atoms with Crippen LogP contribution < -0.4 is 10.5 Å². The highest BCUT2D eigenvalue weighted by molar-refractivity contribution is 6.42. The van der Waals surface area contributed by atoms with Crippen molar-refractivity contribution in [1.29, 1.82) is 0 Å². The number of hydrogen-bond acceptors (Lipinski definition) is 4. The van der Waals surface area contributed by atoms with Crippen LogP contribution in [0.3, 0.4) is 0 Å². The van der Waals surface area contributed by atoms with Gasteiger partial charge in [-0.1, -0.05) is 30.3 Å². The Balaban J connectivity index is 1.60. The summed E-state index contributed by atoms with van der Waals surface area (Å²) in [6.07, 6.45) is 1.56. The maximum absolute atomic E-state index is 12.1. The number of nitrogens with two attached hydrogens (primary N) is 1. The normalized spacial score (nSPS) is 10.8. The molecular formula is C23H18N2O4. The number of ketones is 1. The molecule has 0 radical (unpaired) electrons. The molecule has 3 N–H and O–H groups in total. The van der Waals surface area contributed by atoms with E-state index in [-0.39, 0.29) is 5.56 Å². The molecule has 1 aromatic heterocycles. The van der Waals surface area contributed by atoms with Gasteiger partial charge in [0.05, 0.1) is 11.1 Å². The predicted octanol–water partition coefficient (Wildman–Crippen LogP) is 4.06. The number of fused-ring (bicyclic) bond motifs is 1. The van der Waals surface area contributed by atoms with Gasteiger partial charge in [-0.05, 0) is 48.0 Å². The molecule has 4 rings (SSSR count). The fourth-order valence-electron chi connectivity index (χ4n) is 3.17. The molecule has 6 heteroatoms. The van der Waals surface area contributed by atoms with Crippen LogP contribution in [-0.4, -0.2) is 21.4 Å². The van der Waals surface area contributed by atoms with Gasteiger partial charge in [-0.3, -0.25) is 4.79 Å². The van der Waals surface area contributed by atoms with E-state index in [0.29, 0.717) is 23.4 Å². The quantitative estimate of drug-likeness (QED) is 0.296. The Hall–Kier alpha value is -4.06. The number of aromatic nitrogens is 1. The topological polar surface area (TPSA) is 94.5 Å². The monoisotopic (exact) mass is 386 g/mol. The number of carboxylic acid groups (broad SMARTS) is 1. The molecule has 0 aliphatic carbocycles. The minimum atomic E-state index is -1.47. The number of benzene rings is 3. The number of ether oxygens (including phenoxy) is 1. The third-order valence-corrected chi connectivity index (χ3v) is 4.65. The van der Waals surface area contributed by atoms with Crippen molar-refractivity contribution < 1.29 is 19.4 Å². The molecule has 0 fully saturated rings. The zero-order valence-electron chi connectivity index (χ0n) is 15.4. The van der Waals surface area contributed by atoms with Crippen LogP contribution in [0, 0.1) is 0 Å². The predicted molar refractivity (Wildman–Crippen MR) is 110 cm³/mol. The minimum absolute atomic E-state index is 0.164. The summed E-state index contributed by atoms with van der Waals surface area (Å²) < 4.78 is 7.60. The fraction of sp³-hybridized carbons (Fsp3) is 0.0435. The standard InChI is InChI=1S/C23H18N2O4/c24-16-7-5-15(6-8-16)14-29-18-11-9-17(10-12-18)25-13-20(22(26)23(27)28)19-3-1-2-4-21(19)25/h1-13H,14,24H2,(H,27,28). The van der Waals surface area contributed by atoms with Crippen LogP contribution >= 0.6 is 0 Å².